The summed E-state index contributed by atoms with van der Waals surface area (Å²) >= 11 is 0. The molecule has 0 amide bonds. The van der Waals surface area contributed by atoms with Crippen LogP contribution in [0.5, 0.6) is 11.6 Å². The molecule has 0 aliphatic heterocycles. The molecule has 5 heteroatoms. The second-order valence-corrected chi connectivity index (χ2v) is 2.88. The number of aromatic hydroxyl groups is 1. The number of hydrogen-bond donors (Lipinski definition) is 1. The quantitative estimate of drug-likeness (QED) is 0.743. The first kappa shape index (κ1) is 9.39. The maximum atomic E-state index is 10.6. The lowest BCUT2D eigenvalue weighted by atomic mass is 10.2. The molecule has 0 aliphatic rings. The summed E-state index contributed by atoms with van der Waals surface area (Å²) < 4.78 is 4.98. The van der Waals surface area contributed by atoms with Crippen molar-refractivity contribution in [3.8, 4) is 11.6 Å². The van der Waals surface area contributed by atoms with Crippen LogP contribution in [0.2, 0.25) is 0 Å². The number of benzene rings is 1. The van der Waals surface area contributed by atoms with E-state index in [1.807, 2.05) is 0 Å². The molecule has 0 radical (unpaired) electrons. The van der Waals surface area contributed by atoms with E-state index in [2.05, 4.69) is 9.97 Å². The number of aromatic nitrogens is 2. The number of carbonyl (C=O) groups is 1. The molecule has 1 heterocycles. The Kier molecular flexibility index (Phi) is 2.21. The number of rotatable bonds is 2. The van der Waals surface area contributed by atoms with Crippen LogP contribution in [0.4, 0.5) is 0 Å². The van der Waals surface area contributed by atoms with Crippen LogP contribution in [0.3, 0.4) is 0 Å². The number of phenols is 1. The summed E-state index contributed by atoms with van der Waals surface area (Å²) in [4.78, 5) is 18.3. The highest BCUT2D eigenvalue weighted by atomic mass is 16.5. The molecule has 2 aromatic rings. The van der Waals surface area contributed by atoms with Crippen LogP contribution < -0.4 is 4.74 Å². The second kappa shape index (κ2) is 3.53. The van der Waals surface area contributed by atoms with Crippen molar-refractivity contribution in [1.82, 2.24) is 9.97 Å². The number of ether oxygens (including phenoxy) is 1. The maximum Gasteiger partial charge on any atom is 0.228 e. The fourth-order valence-electron chi connectivity index (χ4n) is 1.35. The van der Waals surface area contributed by atoms with Gasteiger partial charge in [0, 0.05) is 0 Å². The van der Waals surface area contributed by atoms with E-state index < -0.39 is 0 Å². The van der Waals surface area contributed by atoms with Gasteiger partial charge in [0.25, 0.3) is 0 Å². The molecule has 5 nitrogen and oxygen atoms in total. The smallest absolute Gasteiger partial charge is 0.228 e. The lowest BCUT2D eigenvalue weighted by Gasteiger charge is -2.05. The third-order valence-electron chi connectivity index (χ3n) is 1.98. The summed E-state index contributed by atoms with van der Waals surface area (Å²) in [6.07, 6.45) is 0.534. The van der Waals surface area contributed by atoms with Crippen LogP contribution in [0.1, 0.15) is 10.6 Å². The minimum Gasteiger partial charge on any atom is -0.507 e. The first-order valence-corrected chi connectivity index (χ1v) is 4.25. The number of fused-ring (bicyclic) bond motifs is 1. The highest BCUT2D eigenvalue weighted by Gasteiger charge is 2.10. The largest absolute Gasteiger partial charge is 0.507 e. The summed E-state index contributed by atoms with van der Waals surface area (Å²) in [5.74, 6) is 0.256. The van der Waals surface area contributed by atoms with E-state index in [0.717, 1.165) is 0 Å². The number of nitrogens with zero attached hydrogens (tertiary/aromatic N) is 2. The van der Waals surface area contributed by atoms with Crippen LogP contribution in [-0.4, -0.2) is 28.5 Å². The van der Waals surface area contributed by atoms with Crippen LogP contribution in [-0.2, 0) is 0 Å². The van der Waals surface area contributed by atoms with Crippen molar-refractivity contribution in [2.24, 2.45) is 0 Å². The molecule has 1 N–H and O–H groups in total. The van der Waals surface area contributed by atoms with Crippen molar-refractivity contribution in [2.45, 2.75) is 0 Å². The third-order valence-corrected chi connectivity index (χ3v) is 1.98. The Bertz CT molecular complexity index is 525. The van der Waals surface area contributed by atoms with Crippen molar-refractivity contribution in [3.05, 3.63) is 24.0 Å². The zero-order valence-electron chi connectivity index (χ0n) is 7.97. The molecule has 0 atom stereocenters. The standard InChI is InChI=1S/C10H8N2O3/c1-15-10-9-6(3-2-4-7(9)14)11-8(5-13)12-10/h2-5,14H,1H3. The number of carbonyl (C=O) groups excluding carboxylic acids is 1. The first-order valence-electron chi connectivity index (χ1n) is 4.25. The average Bonchev–Trinajstić information content (AvgIpc) is 2.27. The molecule has 1 aromatic heterocycles. The Morgan fingerprint density at radius 1 is 1.40 bits per heavy atom. The molecule has 2 rings (SSSR count). The Morgan fingerprint density at radius 2 is 2.20 bits per heavy atom. The molecule has 0 aliphatic carbocycles. The molecule has 0 saturated carbocycles. The summed E-state index contributed by atoms with van der Waals surface area (Å²) in [6, 6.07) is 4.82. The van der Waals surface area contributed by atoms with Gasteiger partial charge in [-0.15, -0.1) is 0 Å². The zero-order valence-corrected chi connectivity index (χ0v) is 7.97. The van der Waals surface area contributed by atoms with Gasteiger partial charge in [0.2, 0.25) is 5.88 Å². The minimum atomic E-state index is 0.0294. The maximum absolute atomic E-state index is 10.6. The van der Waals surface area contributed by atoms with E-state index in [4.69, 9.17) is 4.74 Å². The van der Waals surface area contributed by atoms with Crippen LogP contribution in [0.25, 0.3) is 10.9 Å². The third kappa shape index (κ3) is 1.48. The van der Waals surface area contributed by atoms with Crippen LogP contribution >= 0.6 is 0 Å². The van der Waals surface area contributed by atoms with Gasteiger partial charge in [-0.05, 0) is 12.1 Å². The van der Waals surface area contributed by atoms with Gasteiger partial charge in [0.15, 0.2) is 12.1 Å². The zero-order chi connectivity index (χ0) is 10.8. The highest BCUT2D eigenvalue weighted by molar-refractivity contribution is 5.91. The predicted molar refractivity (Wildman–Crippen MR) is 53.1 cm³/mol. The van der Waals surface area contributed by atoms with Crippen molar-refractivity contribution < 1.29 is 14.6 Å². The Morgan fingerprint density at radius 3 is 2.87 bits per heavy atom. The monoisotopic (exact) mass is 204 g/mol. The Hall–Kier alpha value is -2.17. The molecular formula is C10H8N2O3. The van der Waals surface area contributed by atoms with Gasteiger partial charge in [-0.3, -0.25) is 4.79 Å². The average molecular weight is 204 g/mol. The van der Waals surface area contributed by atoms with Crippen molar-refractivity contribution in [3.63, 3.8) is 0 Å². The van der Waals surface area contributed by atoms with Gasteiger partial charge in [-0.2, -0.15) is 4.98 Å². The first-order chi connectivity index (χ1) is 7.26. The fraction of sp³-hybridized carbons (Fsp3) is 0.100. The summed E-state index contributed by atoms with van der Waals surface area (Å²) in [6.45, 7) is 0. The number of methoxy groups -OCH3 is 1. The Balaban J connectivity index is 2.86. The predicted octanol–water partition coefficient (Wildman–Crippen LogP) is 1.16. The van der Waals surface area contributed by atoms with Gasteiger partial charge in [0.1, 0.15) is 11.1 Å². The second-order valence-electron chi connectivity index (χ2n) is 2.88. The van der Waals surface area contributed by atoms with E-state index >= 15 is 0 Å². The number of phenolic OH excluding ortho intramolecular Hbond substituents is 1. The summed E-state index contributed by atoms with van der Waals surface area (Å²) in [5.41, 5.74) is 0.476. The Labute approximate surface area is 85.4 Å². The topological polar surface area (TPSA) is 72.3 Å². The normalized spacial score (nSPS) is 10.2. The van der Waals surface area contributed by atoms with Crippen molar-refractivity contribution >= 4 is 17.2 Å². The molecule has 1 aromatic carbocycles. The number of aldehydes is 1. The van der Waals surface area contributed by atoms with Gasteiger partial charge in [-0.1, -0.05) is 6.07 Å². The van der Waals surface area contributed by atoms with Gasteiger partial charge < -0.3 is 9.84 Å². The van der Waals surface area contributed by atoms with E-state index in [9.17, 15) is 9.90 Å². The molecule has 0 fully saturated rings. The molecule has 0 spiro atoms. The minimum absolute atomic E-state index is 0.0294. The van der Waals surface area contributed by atoms with Crippen LogP contribution in [0, 0.1) is 0 Å². The molecule has 76 valence electrons. The SMILES string of the molecule is COc1nc(C=O)nc2cccc(O)c12. The van der Waals surface area contributed by atoms with Gasteiger partial charge >= 0.3 is 0 Å². The van der Waals surface area contributed by atoms with E-state index in [-0.39, 0.29) is 17.5 Å². The lowest BCUT2D eigenvalue weighted by molar-refractivity contribution is 0.111. The molecular weight excluding hydrogens is 196 g/mol. The molecule has 0 saturated heterocycles. The van der Waals surface area contributed by atoms with E-state index in [0.29, 0.717) is 17.2 Å². The van der Waals surface area contributed by atoms with Crippen LogP contribution in [0.15, 0.2) is 18.2 Å². The van der Waals surface area contributed by atoms with E-state index in [1.165, 1.54) is 13.2 Å². The summed E-state index contributed by atoms with van der Waals surface area (Å²) in [5, 5.41) is 10.0. The fourth-order valence-corrected chi connectivity index (χ4v) is 1.35. The highest BCUT2D eigenvalue weighted by Crippen LogP contribution is 2.30. The lowest BCUT2D eigenvalue weighted by Crippen LogP contribution is -1.98. The molecule has 0 unspecified atom stereocenters. The number of hydrogen-bond acceptors (Lipinski definition) is 5. The van der Waals surface area contributed by atoms with Crippen molar-refractivity contribution in [1.29, 1.82) is 0 Å². The molecule has 15 heavy (non-hydrogen) atoms. The van der Waals surface area contributed by atoms with Gasteiger partial charge in [0.05, 0.1) is 12.6 Å². The van der Waals surface area contributed by atoms with E-state index in [1.54, 1.807) is 12.1 Å². The molecule has 0 bridgehead atoms. The summed E-state index contributed by atoms with van der Waals surface area (Å²) in [7, 11) is 1.42. The van der Waals surface area contributed by atoms with Gasteiger partial charge in [-0.25, -0.2) is 4.98 Å². The van der Waals surface area contributed by atoms with Crippen molar-refractivity contribution in [2.75, 3.05) is 7.11 Å².